The molecule has 3 amide bonds. The number of unbranched alkanes of at least 4 members (excludes halogenated alkanes) is 4. The average molecular weight is 633 g/mol. The van der Waals surface area contributed by atoms with Crippen molar-refractivity contribution in [3.05, 3.63) is 59.7 Å². The summed E-state index contributed by atoms with van der Waals surface area (Å²) in [6, 6.07) is 14.4. The fourth-order valence-electron chi connectivity index (χ4n) is 7.46. The Labute approximate surface area is 274 Å². The highest BCUT2D eigenvalue weighted by atomic mass is 16.5. The number of ether oxygens (including phenoxy) is 1. The van der Waals surface area contributed by atoms with E-state index in [1.165, 1.54) is 6.42 Å². The smallest absolute Gasteiger partial charge is 0.251 e. The van der Waals surface area contributed by atoms with E-state index < -0.39 is 17.2 Å². The summed E-state index contributed by atoms with van der Waals surface area (Å²) in [7, 11) is 1.61. The quantitative estimate of drug-likeness (QED) is 0.250. The van der Waals surface area contributed by atoms with Gasteiger partial charge >= 0.3 is 0 Å². The molecule has 3 fully saturated rings. The molecule has 2 aliphatic heterocycles. The third kappa shape index (κ3) is 8.10. The van der Waals surface area contributed by atoms with Gasteiger partial charge in [0.1, 0.15) is 23.1 Å². The monoisotopic (exact) mass is 632 g/mol. The number of piperidine rings is 1. The summed E-state index contributed by atoms with van der Waals surface area (Å²) in [5.74, 6) is 1.18. The van der Waals surface area contributed by atoms with Crippen molar-refractivity contribution in [3.63, 3.8) is 0 Å². The Morgan fingerprint density at radius 2 is 1.54 bits per heavy atom. The van der Waals surface area contributed by atoms with Crippen LogP contribution < -0.4 is 15.4 Å². The first-order valence-electron chi connectivity index (χ1n) is 17.4. The molecular formula is C37H52N4O5. The Morgan fingerprint density at radius 1 is 0.913 bits per heavy atom. The fourth-order valence-corrected chi connectivity index (χ4v) is 7.46. The Morgan fingerprint density at radius 3 is 2.17 bits per heavy atom. The Bertz CT molecular complexity index is 1310. The zero-order valence-corrected chi connectivity index (χ0v) is 27.7. The number of rotatable bonds is 13. The number of carbonyl (C=O) groups excluding carboxylic acids is 3. The van der Waals surface area contributed by atoms with E-state index in [4.69, 9.17) is 4.74 Å². The standard InChI is InChI=1S/C37H52N4O5/c1-3-4-5-6-10-23-41-34(43)32(26-36(45)19-8-7-9-20-36)39-35(44)37(41)21-24-40(25-22-37)27-28-11-15-30(16-12-28)46-31-17-13-29(14-18-31)33(42)38-2/h11-18,32,45H,3-10,19-27H2,1-2H3,(H,38,42)(H,39,44)/t32-/m1/s1. The lowest BCUT2D eigenvalue weighted by molar-refractivity contribution is -0.163. The Hall–Kier alpha value is -3.43. The van der Waals surface area contributed by atoms with Gasteiger partial charge in [0.2, 0.25) is 11.8 Å². The van der Waals surface area contributed by atoms with E-state index >= 15 is 0 Å². The number of piperazine rings is 1. The molecular weight excluding hydrogens is 580 g/mol. The van der Waals surface area contributed by atoms with Gasteiger partial charge in [0.15, 0.2) is 0 Å². The number of carbonyl (C=O) groups is 3. The molecule has 2 saturated heterocycles. The van der Waals surface area contributed by atoms with Crippen molar-refractivity contribution < 1.29 is 24.2 Å². The third-order valence-electron chi connectivity index (χ3n) is 10.3. The molecule has 1 aliphatic carbocycles. The van der Waals surface area contributed by atoms with Crippen LogP contribution in [0.1, 0.15) is 106 Å². The number of hydrogen-bond acceptors (Lipinski definition) is 6. The first-order valence-corrected chi connectivity index (χ1v) is 17.4. The van der Waals surface area contributed by atoms with E-state index in [1.807, 2.05) is 17.0 Å². The van der Waals surface area contributed by atoms with Crippen molar-refractivity contribution in [1.29, 1.82) is 0 Å². The highest BCUT2D eigenvalue weighted by Crippen LogP contribution is 2.38. The van der Waals surface area contributed by atoms with Gasteiger partial charge in [-0.3, -0.25) is 19.3 Å². The van der Waals surface area contributed by atoms with Crippen molar-refractivity contribution in [1.82, 2.24) is 20.4 Å². The maximum Gasteiger partial charge on any atom is 0.251 e. The van der Waals surface area contributed by atoms with Crippen molar-refractivity contribution in [2.45, 2.75) is 114 Å². The number of likely N-dealkylation sites (tertiary alicyclic amines) is 1. The Balaban J connectivity index is 1.19. The van der Waals surface area contributed by atoms with Crippen LogP contribution in [-0.2, 0) is 16.1 Å². The van der Waals surface area contributed by atoms with Gasteiger partial charge < -0.3 is 25.4 Å². The normalized spacial score (nSPS) is 21.2. The molecule has 2 aromatic rings. The molecule has 0 aromatic heterocycles. The Kier molecular flexibility index (Phi) is 11.4. The first kappa shape index (κ1) is 33.9. The van der Waals surface area contributed by atoms with E-state index in [0.29, 0.717) is 55.7 Å². The molecule has 3 aliphatic rings. The number of benzene rings is 2. The molecule has 1 spiro atoms. The highest BCUT2D eigenvalue weighted by Gasteiger charge is 2.54. The zero-order valence-electron chi connectivity index (χ0n) is 27.7. The van der Waals surface area contributed by atoms with Crippen molar-refractivity contribution in [2.75, 3.05) is 26.7 Å². The highest BCUT2D eigenvalue weighted by molar-refractivity contribution is 6.00. The van der Waals surface area contributed by atoms with Gasteiger partial charge in [-0.2, -0.15) is 0 Å². The van der Waals surface area contributed by atoms with Crippen LogP contribution in [0.2, 0.25) is 0 Å². The maximum absolute atomic E-state index is 14.0. The van der Waals surface area contributed by atoms with Gasteiger partial charge in [0.05, 0.1) is 5.60 Å². The van der Waals surface area contributed by atoms with E-state index in [-0.39, 0.29) is 17.7 Å². The molecule has 2 heterocycles. The van der Waals surface area contributed by atoms with Gasteiger partial charge in [0, 0.05) is 45.2 Å². The van der Waals surface area contributed by atoms with Crippen LogP contribution in [0.5, 0.6) is 11.5 Å². The minimum atomic E-state index is -0.871. The summed E-state index contributed by atoms with van der Waals surface area (Å²) in [5, 5.41) is 17.0. The molecule has 1 saturated carbocycles. The molecule has 5 rings (SSSR count). The van der Waals surface area contributed by atoms with Gasteiger partial charge in [-0.1, -0.05) is 64.0 Å². The largest absolute Gasteiger partial charge is 0.457 e. The van der Waals surface area contributed by atoms with E-state index in [1.54, 1.807) is 31.3 Å². The summed E-state index contributed by atoms with van der Waals surface area (Å²) in [6.07, 6.45) is 11.4. The molecule has 0 bridgehead atoms. The molecule has 46 heavy (non-hydrogen) atoms. The summed E-state index contributed by atoms with van der Waals surface area (Å²) < 4.78 is 5.97. The molecule has 1 atom stereocenters. The van der Waals surface area contributed by atoms with E-state index in [0.717, 1.165) is 70.1 Å². The topological polar surface area (TPSA) is 111 Å². The first-order chi connectivity index (χ1) is 22.2. The molecule has 9 heteroatoms. The fraction of sp³-hybridized carbons (Fsp3) is 0.595. The molecule has 9 nitrogen and oxygen atoms in total. The summed E-state index contributed by atoms with van der Waals surface area (Å²) in [6.45, 7) is 4.98. The number of nitrogens with one attached hydrogen (secondary N) is 2. The second kappa shape index (κ2) is 15.4. The zero-order chi connectivity index (χ0) is 32.6. The van der Waals surface area contributed by atoms with Crippen LogP contribution in [0, 0.1) is 0 Å². The molecule has 0 radical (unpaired) electrons. The van der Waals surface area contributed by atoms with Crippen LogP contribution in [-0.4, -0.2) is 76.5 Å². The summed E-state index contributed by atoms with van der Waals surface area (Å²) >= 11 is 0. The van der Waals surface area contributed by atoms with Gasteiger partial charge in [-0.25, -0.2) is 0 Å². The summed E-state index contributed by atoms with van der Waals surface area (Å²) in [4.78, 5) is 44.0. The molecule has 0 unspecified atom stereocenters. The third-order valence-corrected chi connectivity index (χ3v) is 10.3. The van der Waals surface area contributed by atoms with Crippen molar-refractivity contribution >= 4 is 17.7 Å². The minimum absolute atomic E-state index is 0.0126. The SMILES string of the molecule is CCCCCCCN1C(=O)[C@@H](CC2(O)CCCCC2)NC(=O)C12CCN(Cc1ccc(Oc3ccc(C(=O)NC)cc3)cc1)CC2. The lowest BCUT2D eigenvalue weighted by Crippen LogP contribution is -2.73. The molecule has 3 N–H and O–H groups in total. The van der Waals surface area contributed by atoms with Crippen molar-refractivity contribution in [2.24, 2.45) is 0 Å². The lowest BCUT2D eigenvalue weighted by Gasteiger charge is -2.52. The van der Waals surface area contributed by atoms with E-state index in [2.05, 4.69) is 34.6 Å². The van der Waals surface area contributed by atoms with Crippen LogP contribution in [0.3, 0.4) is 0 Å². The second-order valence-corrected chi connectivity index (χ2v) is 13.6. The van der Waals surface area contributed by atoms with Crippen molar-refractivity contribution in [3.8, 4) is 11.5 Å². The predicted octanol–water partition coefficient (Wildman–Crippen LogP) is 5.56. The van der Waals surface area contributed by atoms with Crippen LogP contribution in [0.15, 0.2) is 48.5 Å². The van der Waals surface area contributed by atoms with E-state index in [9.17, 15) is 19.5 Å². The number of aliphatic hydroxyl groups is 1. The lowest BCUT2D eigenvalue weighted by atomic mass is 9.77. The van der Waals surface area contributed by atoms with Crippen LogP contribution in [0.4, 0.5) is 0 Å². The average Bonchev–Trinajstić information content (AvgIpc) is 3.07. The summed E-state index contributed by atoms with van der Waals surface area (Å²) in [5.41, 5.74) is 0.0343. The van der Waals surface area contributed by atoms with Gasteiger partial charge in [0.25, 0.3) is 5.91 Å². The van der Waals surface area contributed by atoms with Crippen LogP contribution >= 0.6 is 0 Å². The maximum atomic E-state index is 14.0. The number of hydrogen-bond donors (Lipinski definition) is 3. The second-order valence-electron chi connectivity index (χ2n) is 13.6. The number of nitrogens with zero attached hydrogens (tertiary/aromatic N) is 2. The number of amides is 3. The minimum Gasteiger partial charge on any atom is -0.457 e. The molecule has 2 aromatic carbocycles. The predicted molar refractivity (Wildman–Crippen MR) is 179 cm³/mol. The van der Waals surface area contributed by atoms with Gasteiger partial charge in [-0.15, -0.1) is 0 Å². The molecule has 250 valence electrons. The van der Waals surface area contributed by atoms with Gasteiger partial charge in [-0.05, 0) is 74.1 Å². The van der Waals surface area contributed by atoms with Crippen LogP contribution in [0.25, 0.3) is 0 Å².